The number of fused-ring (bicyclic) bond motifs is 1. The predicted octanol–water partition coefficient (Wildman–Crippen LogP) is 2.22. The Morgan fingerprint density at radius 2 is 2.12 bits per heavy atom. The highest BCUT2D eigenvalue weighted by Crippen LogP contribution is 2.29. The van der Waals surface area contributed by atoms with Crippen molar-refractivity contribution in [2.75, 3.05) is 40.1 Å². The summed E-state index contributed by atoms with van der Waals surface area (Å²) in [5.74, 6) is 1.22. The Hall–Kier alpha value is -1.86. The molecule has 2 rings (SSSR count). The number of halogens is 1. The minimum atomic E-state index is -0.264. The largest absolute Gasteiger partial charge is 0.467 e. The topological polar surface area (TPSA) is 64.1 Å². The molecule has 0 spiro atoms. The van der Waals surface area contributed by atoms with Gasteiger partial charge in [-0.3, -0.25) is 4.99 Å². The van der Waals surface area contributed by atoms with Crippen LogP contribution >= 0.6 is 0 Å². The second kappa shape index (κ2) is 10.9. The SMILES string of the molecule is CCOCCCCNC(=NC)NCCc1cc(F)cc2c1OCOC2. The summed E-state index contributed by atoms with van der Waals surface area (Å²) in [6.45, 7) is 5.62. The molecular weight excluding hydrogens is 325 g/mol. The Balaban J connectivity index is 1.75. The van der Waals surface area contributed by atoms with Crippen molar-refractivity contribution in [1.82, 2.24) is 10.6 Å². The van der Waals surface area contributed by atoms with E-state index >= 15 is 0 Å². The molecular formula is C18H28FN3O3. The minimum Gasteiger partial charge on any atom is -0.467 e. The first-order valence-electron chi connectivity index (χ1n) is 8.78. The quantitative estimate of drug-likeness (QED) is 0.405. The Morgan fingerprint density at radius 3 is 2.92 bits per heavy atom. The number of nitrogens with zero attached hydrogens (tertiary/aromatic N) is 1. The summed E-state index contributed by atoms with van der Waals surface area (Å²) in [6.07, 6.45) is 2.68. The number of nitrogens with one attached hydrogen (secondary N) is 2. The molecule has 0 bridgehead atoms. The average molecular weight is 353 g/mol. The van der Waals surface area contributed by atoms with Crippen molar-refractivity contribution in [2.45, 2.75) is 32.8 Å². The van der Waals surface area contributed by atoms with Crippen LogP contribution in [0.2, 0.25) is 0 Å². The molecule has 0 fully saturated rings. The van der Waals surface area contributed by atoms with E-state index in [1.807, 2.05) is 6.92 Å². The van der Waals surface area contributed by atoms with E-state index in [1.54, 1.807) is 7.05 Å². The fourth-order valence-electron chi connectivity index (χ4n) is 2.66. The highest BCUT2D eigenvalue weighted by Gasteiger charge is 2.16. The minimum absolute atomic E-state index is 0.212. The van der Waals surface area contributed by atoms with Crippen LogP contribution in [0.1, 0.15) is 30.9 Å². The third-order valence-corrected chi connectivity index (χ3v) is 3.87. The van der Waals surface area contributed by atoms with E-state index in [-0.39, 0.29) is 12.6 Å². The Bertz CT molecular complexity index is 567. The first-order chi connectivity index (χ1) is 12.2. The lowest BCUT2D eigenvalue weighted by molar-refractivity contribution is -0.0172. The smallest absolute Gasteiger partial charge is 0.190 e. The molecule has 7 heteroatoms. The monoisotopic (exact) mass is 353 g/mol. The van der Waals surface area contributed by atoms with Crippen LogP contribution in [-0.4, -0.2) is 46.1 Å². The lowest BCUT2D eigenvalue weighted by Crippen LogP contribution is -2.38. The van der Waals surface area contributed by atoms with E-state index in [0.717, 1.165) is 55.4 Å². The van der Waals surface area contributed by atoms with Crippen LogP contribution in [0.15, 0.2) is 17.1 Å². The zero-order chi connectivity index (χ0) is 17.9. The number of ether oxygens (including phenoxy) is 3. The zero-order valence-corrected chi connectivity index (χ0v) is 15.1. The van der Waals surface area contributed by atoms with Gasteiger partial charge in [0.1, 0.15) is 11.6 Å². The highest BCUT2D eigenvalue weighted by molar-refractivity contribution is 5.79. The molecule has 0 aromatic heterocycles. The molecule has 0 radical (unpaired) electrons. The first-order valence-corrected chi connectivity index (χ1v) is 8.78. The van der Waals surface area contributed by atoms with Gasteiger partial charge in [-0.1, -0.05) is 0 Å². The van der Waals surface area contributed by atoms with Gasteiger partial charge in [0.2, 0.25) is 0 Å². The summed E-state index contributed by atoms with van der Waals surface area (Å²) in [7, 11) is 1.74. The van der Waals surface area contributed by atoms with Crippen molar-refractivity contribution in [2.24, 2.45) is 4.99 Å². The highest BCUT2D eigenvalue weighted by atomic mass is 19.1. The molecule has 0 saturated heterocycles. The molecule has 1 aromatic rings. The van der Waals surface area contributed by atoms with Gasteiger partial charge in [-0.2, -0.15) is 0 Å². The van der Waals surface area contributed by atoms with Crippen LogP contribution in [0.25, 0.3) is 0 Å². The molecule has 1 heterocycles. The van der Waals surface area contributed by atoms with Gasteiger partial charge in [0, 0.05) is 38.9 Å². The van der Waals surface area contributed by atoms with E-state index < -0.39 is 0 Å². The van der Waals surface area contributed by atoms with Crippen LogP contribution in [0.3, 0.4) is 0 Å². The van der Waals surface area contributed by atoms with Crippen molar-refractivity contribution >= 4 is 5.96 Å². The standard InChI is InChI=1S/C18H28FN3O3/c1-3-23-9-5-4-7-21-18(20-2)22-8-6-14-10-16(19)11-15-12-24-13-25-17(14)15/h10-11H,3-9,12-13H2,1-2H3,(H2,20,21,22). The second-order valence-corrected chi connectivity index (χ2v) is 5.74. The second-order valence-electron chi connectivity index (χ2n) is 5.74. The molecule has 0 saturated carbocycles. The average Bonchev–Trinajstić information content (AvgIpc) is 2.62. The molecule has 1 aromatic carbocycles. The molecule has 1 aliphatic heterocycles. The summed E-state index contributed by atoms with van der Waals surface area (Å²) >= 11 is 0. The van der Waals surface area contributed by atoms with Gasteiger partial charge in [0.15, 0.2) is 12.8 Å². The lowest BCUT2D eigenvalue weighted by atomic mass is 10.1. The van der Waals surface area contributed by atoms with Crippen molar-refractivity contribution in [3.05, 3.63) is 29.1 Å². The molecule has 0 amide bonds. The van der Waals surface area contributed by atoms with Gasteiger partial charge in [0.25, 0.3) is 0 Å². The van der Waals surface area contributed by atoms with Gasteiger partial charge in [-0.15, -0.1) is 0 Å². The molecule has 25 heavy (non-hydrogen) atoms. The number of hydrogen-bond acceptors (Lipinski definition) is 4. The number of rotatable bonds is 9. The van der Waals surface area contributed by atoms with E-state index in [9.17, 15) is 4.39 Å². The molecule has 140 valence electrons. The van der Waals surface area contributed by atoms with E-state index in [0.29, 0.717) is 19.6 Å². The summed E-state index contributed by atoms with van der Waals surface area (Å²) in [5, 5.41) is 6.51. The predicted molar refractivity (Wildman–Crippen MR) is 95.5 cm³/mol. The molecule has 0 aliphatic carbocycles. The molecule has 1 aliphatic rings. The van der Waals surface area contributed by atoms with Gasteiger partial charge in [0.05, 0.1) is 6.61 Å². The Kier molecular flexibility index (Phi) is 8.48. The van der Waals surface area contributed by atoms with Gasteiger partial charge >= 0.3 is 0 Å². The number of unbranched alkanes of at least 4 members (excludes halogenated alkanes) is 1. The third-order valence-electron chi connectivity index (χ3n) is 3.87. The van der Waals surface area contributed by atoms with Crippen molar-refractivity contribution < 1.29 is 18.6 Å². The van der Waals surface area contributed by atoms with Crippen LogP contribution in [0.4, 0.5) is 4.39 Å². The summed E-state index contributed by atoms with van der Waals surface area (Å²) in [5.41, 5.74) is 1.61. The number of benzene rings is 1. The molecule has 0 unspecified atom stereocenters. The number of aliphatic imine (C=N–C) groups is 1. The number of guanidine groups is 1. The summed E-state index contributed by atoms with van der Waals surface area (Å²) in [4.78, 5) is 4.20. The van der Waals surface area contributed by atoms with E-state index in [4.69, 9.17) is 14.2 Å². The van der Waals surface area contributed by atoms with Crippen molar-refractivity contribution in [3.63, 3.8) is 0 Å². The van der Waals surface area contributed by atoms with Gasteiger partial charge in [-0.05, 0) is 43.9 Å². The van der Waals surface area contributed by atoms with E-state index in [1.165, 1.54) is 12.1 Å². The summed E-state index contributed by atoms with van der Waals surface area (Å²) < 4.78 is 29.8. The van der Waals surface area contributed by atoms with Crippen LogP contribution < -0.4 is 15.4 Å². The van der Waals surface area contributed by atoms with Crippen LogP contribution in [0, 0.1) is 5.82 Å². The van der Waals surface area contributed by atoms with Gasteiger partial charge < -0.3 is 24.8 Å². The fraction of sp³-hybridized carbons (Fsp3) is 0.611. The van der Waals surface area contributed by atoms with Crippen LogP contribution in [-0.2, 0) is 22.5 Å². The maximum atomic E-state index is 13.7. The first kappa shape index (κ1) is 19.5. The van der Waals surface area contributed by atoms with Gasteiger partial charge in [-0.25, -0.2) is 4.39 Å². The molecule has 2 N–H and O–H groups in total. The molecule has 0 atom stereocenters. The molecule has 6 nitrogen and oxygen atoms in total. The fourth-order valence-corrected chi connectivity index (χ4v) is 2.66. The summed E-state index contributed by atoms with van der Waals surface area (Å²) in [6, 6.07) is 2.99. The number of hydrogen-bond donors (Lipinski definition) is 2. The Labute approximate surface area is 148 Å². The van der Waals surface area contributed by atoms with E-state index in [2.05, 4.69) is 15.6 Å². The maximum absolute atomic E-state index is 13.7. The maximum Gasteiger partial charge on any atom is 0.190 e. The third kappa shape index (κ3) is 6.51. The van der Waals surface area contributed by atoms with Crippen LogP contribution in [0.5, 0.6) is 5.75 Å². The van der Waals surface area contributed by atoms with Crippen molar-refractivity contribution in [1.29, 1.82) is 0 Å². The normalized spacial score (nSPS) is 14.0. The Morgan fingerprint density at radius 1 is 1.28 bits per heavy atom. The lowest BCUT2D eigenvalue weighted by Gasteiger charge is -2.21. The zero-order valence-electron chi connectivity index (χ0n) is 15.1. The van der Waals surface area contributed by atoms with Crippen molar-refractivity contribution in [3.8, 4) is 5.75 Å².